The number of nitrogens with zero attached hydrogens (tertiary/aromatic N) is 2. The number of carbonyl (C=O) groups is 1. The molecule has 0 N–H and O–H groups in total. The molecule has 4 nitrogen and oxygen atoms in total. The fourth-order valence-electron chi connectivity index (χ4n) is 1.27. The molecule has 2 rings (SSSR count). The molecule has 2 aromatic heterocycles. The molecule has 18 heavy (non-hydrogen) atoms. The van der Waals surface area contributed by atoms with Crippen LogP contribution in [0.4, 0.5) is 0 Å². The van der Waals surface area contributed by atoms with Gasteiger partial charge in [0.2, 0.25) is 0 Å². The van der Waals surface area contributed by atoms with Crippen molar-refractivity contribution in [3.63, 3.8) is 0 Å². The third kappa shape index (κ3) is 3.41. The van der Waals surface area contributed by atoms with Gasteiger partial charge in [-0.25, -0.2) is 4.79 Å². The standard InChI is InChI=1S/C11H8Cl2N2O2S/c12-9-6-8(10(13)15-14-9)11(16)17-4-3-7-2-1-5-18-7/h1-2,5-6H,3-4H2. The number of hydrogen-bond donors (Lipinski definition) is 0. The second-order valence-corrected chi connectivity index (χ2v) is 5.11. The summed E-state index contributed by atoms with van der Waals surface area (Å²) in [5.74, 6) is -0.548. The van der Waals surface area contributed by atoms with Crippen LogP contribution in [0, 0.1) is 0 Å². The summed E-state index contributed by atoms with van der Waals surface area (Å²) in [7, 11) is 0. The van der Waals surface area contributed by atoms with Crippen LogP contribution in [-0.4, -0.2) is 22.8 Å². The molecule has 0 atom stereocenters. The Labute approximate surface area is 118 Å². The fraction of sp³-hybridized carbons (Fsp3) is 0.182. The van der Waals surface area contributed by atoms with Gasteiger partial charge < -0.3 is 4.74 Å². The molecule has 0 unspecified atom stereocenters. The van der Waals surface area contributed by atoms with Gasteiger partial charge in [0.05, 0.1) is 6.61 Å². The van der Waals surface area contributed by atoms with Gasteiger partial charge in [0.1, 0.15) is 5.56 Å². The molecule has 0 radical (unpaired) electrons. The van der Waals surface area contributed by atoms with Crippen molar-refractivity contribution < 1.29 is 9.53 Å². The first-order chi connectivity index (χ1) is 8.66. The normalized spacial score (nSPS) is 10.3. The molecular weight excluding hydrogens is 295 g/mol. The van der Waals surface area contributed by atoms with E-state index in [1.807, 2.05) is 17.5 Å². The van der Waals surface area contributed by atoms with Crippen LogP contribution in [0.3, 0.4) is 0 Å². The van der Waals surface area contributed by atoms with Crippen molar-refractivity contribution >= 4 is 40.5 Å². The Balaban J connectivity index is 1.93. The molecule has 0 fully saturated rings. The van der Waals surface area contributed by atoms with Crippen LogP contribution in [0.25, 0.3) is 0 Å². The molecule has 0 bridgehead atoms. The van der Waals surface area contributed by atoms with E-state index in [0.29, 0.717) is 6.42 Å². The zero-order chi connectivity index (χ0) is 13.0. The highest BCUT2D eigenvalue weighted by Crippen LogP contribution is 2.16. The molecule has 2 aromatic rings. The molecule has 0 saturated heterocycles. The Hall–Kier alpha value is -1.17. The highest BCUT2D eigenvalue weighted by molar-refractivity contribution is 7.09. The molecule has 7 heteroatoms. The maximum Gasteiger partial charge on any atom is 0.341 e. The number of rotatable bonds is 4. The molecule has 0 saturated carbocycles. The van der Waals surface area contributed by atoms with Crippen molar-refractivity contribution in [3.8, 4) is 0 Å². The van der Waals surface area contributed by atoms with E-state index in [4.69, 9.17) is 27.9 Å². The third-order valence-electron chi connectivity index (χ3n) is 2.10. The topological polar surface area (TPSA) is 52.1 Å². The quantitative estimate of drug-likeness (QED) is 0.814. The van der Waals surface area contributed by atoms with Gasteiger partial charge >= 0.3 is 5.97 Å². The molecule has 0 amide bonds. The molecule has 94 valence electrons. The number of esters is 1. The van der Waals surface area contributed by atoms with E-state index in [-0.39, 0.29) is 22.5 Å². The summed E-state index contributed by atoms with van der Waals surface area (Å²) >= 11 is 13.0. The van der Waals surface area contributed by atoms with Gasteiger partial charge in [0.15, 0.2) is 10.3 Å². The first-order valence-corrected chi connectivity index (χ1v) is 6.68. The average Bonchev–Trinajstić information content (AvgIpc) is 2.85. The van der Waals surface area contributed by atoms with Crippen molar-refractivity contribution in [3.05, 3.63) is 44.3 Å². The van der Waals surface area contributed by atoms with Crippen LogP contribution in [0.2, 0.25) is 10.3 Å². The Morgan fingerprint density at radius 1 is 1.39 bits per heavy atom. The van der Waals surface area contributed by atoms with Crippen molar-refractivity contribution in [1.29, 1.82) is 0 Å². The summed E-state index contributed by atoms with van der Waals surface area (Å²) in [5, 5.41) is 9.12. The number of ether oxygens (including phenoxy) is 1. The van der Waals surface area contributed by atoms with Gasteiger partial charge in [0, 0.05) is 11.3 Å². The van der Waals surface area contributed by atoms with E-state index in [2.05, 4.69) is 10.2 Å². The highest BCUT2D eigenvalue weighted by Gasteiger charge is 2.14. The van der Waals surface area contributed by atoms with Gasteiger partial charge in [-0.15, -0.1) is 21.5 Å². The Bertz CT molecular complexity index is 546. The molecule has 2 heterocycles. The minimum absolute atomic E-state index is 0.0134. The lowest BCUT2D eigenvalue weighted by Gasteiger charge is -2.04. The lowest BCUT2D eigenvalue weighted by molar-refractivity contribution is 0.0509. The Morgan fingerprint density at radius 3 is 2.94 bits per heavy atom. The number of aromatic nitrogens is 2. The molecule has 0 aliphatic rings. The van der Waals surface area contributed by atoms with Gasteiger partial charge in [-0.05, 0) is 17.5 Å². The zero-order valence-corrected chi connectivity index (χ0v) is 11.4. The van der Waals surface area contributed by atoms with E-state index in [0.717, 1.165) is 4.88 Å². The summed E-state index contributed by atoms with van der Waals surface area (Å²) in [4.78, 5) is 12.9. The van der Waals surface area contributed by atoms with Gasteiger partial charge in [-0.2, -0.15) is 0 Å². The first-order valence-electron chi connectivity index (χ1n) is 5.05. The van der Waals surface area contributed by atoms with Crippen LogP contribution < -0.4 is 0 Å². The Kier molecular flexibility index (Phi) is 4.52. The summed E-state index contributed by atoms with van der Waals surface area (Å²) in [5.41, 5.74) is 0.128. The van der Waals surface area contributed by atoms with Crippen LogP contribution >= 0.6 is 34.5 Å². The smallest absolute Gasteiger partial charge is 0.341 e. The van der Waals surface area contributed by atoms with Crippen LogP contribution in [-0.2, 0) is 11.2 Å². The first kappa shape index (κ1) is 13.3. The summed E-state index contributed by atoms with van der Waals surface area (Å²) in [6.07, 6.45) is 0.674. The summed E-state index contributed by atoms with van der Waals surface area (Å²) in [6.45, 7) is 0.287. The summed E-state index contributed by atoms with van der Waals surface area (Å²) < 4.78 is 5.09. The van der Waals surface area contributed by atoms with Gasteiger partial charge in [0.25, 0.3) is 0 Å². The van der Waals surface area contributed by atoms with E-state index in [9.17, 15) is 4.79 Å². The maximum atomic E-state index is 11.7. The second kappa shape index (κ2) is 6.13. The van der Waals surface area contributed by atoms with E-state index in [1.54, 1.807) is 11.3 Å². The van der Waals surface area contributed by atoms with E-state index >= 15 is 0 Å². The molecule has 0 spiro atoms. The van der Waals surface area contributed by atoms with Crippen molar-refractivity contribution in [2.24, 2.45) is 0 Å². The lowest BCUT2D eigenvalue weighted by atomic mass is 10.3. The minimum Gasteiger partial charge on any atom is -0.462 e. The molecule has 0 aliphatic carbocycles. The third-order valence-corrected chi connectivity index (χ3v) is 3.50. The number of carbonyl (C=O) groups excluding carboxylic acids is 1. The Morgan fingerprint density at radius 2 is 2.22 bits per heavy atom. The van der Waals surface area contributed by atoms with Crippen molar-refractivity contribution in [1.82, 2.24) is 10.2 Å². The maximum absolute atomic E-state index is 11.7. The van der Waals surface area contributed by atoms with Gasteiger partial charge in [-0.3, -0.25) is 0 Å². The SMILES string of the molecule is O=C(OCCc1cccs1)c1cc(Cl)nnc1Cl. The number of halogens is 2. The second-order valence-electron chi connectivity index (χ2n) is 3.34. The summed E-state index contributed by atoms with van der Waals surface area (Å²) in [6, 6.07) is 5.27. The monoisotopic (exact) mass is 302 g/mol. The van der Waals surface area contributed by atoms with Crippen molar-refractivity contribution in [2.45, 2.75) is 6.42 Å². The van der Waals surface area contributed by atoms with E-state index in [1.165, 1.54) is 6.07 Å². The number of hydrogen-bond acceptors (Lipinski definition) is 5. The highest BCUT2D eigenvalue weighted by atomic mass is 35.5. The predicted molar refractivity (Wildman–Crippen MR) is 70.4 cm³/mol. The zero-order valence-electron chi connectivity index (χ0n) is 9.10. The molecule has 0 aliphatic heterocycles. The van der Waals surface area contributed by atoms with Crippen LogP contribution in [0.5, 0.6) is 0 Å². The number of thiophene rings is 1. The molecule has 0 aromatic carbocycles. The largest absolute Gasteiger partial charge is 0.462 e. The molecular formula is C11H8Cl2N2O2S. The average molecular weight is 303 g/mol. The van der Waals surface area contributed by atoms with Gasteiger partial charge in [-0.1, -0.05) is 29.3 Å². The van der Waals surface area contributed by atoms with Crippen molar-refractivity contribution in [2.75, 3.05) is 6.61 Å². The van der Waals surface area contributed by atoms with Crippen LogP contribution in [0.15, 0.2) is 23.6 Å². The van der Waals surface area contributed by atoms with Crippen LogP contribution in [0.1, 0.15) is 15.2 Å². The minimum atomic E-state index is -0.548. The lowest BCUT2D eigenvalue weighted by Crippen LogP contribution is -2.09. The predicted octanol–water partition coefficient (Wildman–Crippen LogP) is 3.24. The fourth-order valence-corrected chi connectivity index (χ4v) is 2.28. The van der Waals surface area contributed by atoms with E-state index < -0.39 is 5.97 Å².